The summed E-state index contributed by atoms with van der Waals surface area (Å²) in [5.74, 6) is 2.72. The van der Waals surface area contributed by atoms with Crippen LogP contribution in [0.15, 0.2) is 0 Å². The average Bonchev–Trinajstić information content (AvgIpc) is 2.34. The summed E-state index contributed by atoms with van der Waals surface area (Å²) in [4.78, 5) is 2.63. The van der Waals surface area contributed by atoms with Crippen LogP contribution in [0.2, 0.25) is 0 Å². The highest BCUT2D eigenvalue weighted by atomic mass is 15.2. The van der Waals surface area contributed by atoms with E-state index in [2.05, 4.69) is 30.0 Å². The number of unbranched alkanes of at least 4 members (excludes halogenated alkanes) is 2. The van der Waals surface area contributed by atoms with E-state index in [1.165, 1.54) is 51.7 Å². The number of hydrogen-bond donors (Lipinski definition) is 1. The Morgan fingerprint density at radius 1 is 1.41 bits per heavy atom. The molecule has 1 N–H and O–H groups in total. The molecule has 2 atom stereocenters. The van der Waals surface area contributed by atoms with Gasteiger partial charge in [-0.2, -0.15) is 0 Å². The Morgan fingerprint density at radius 3 is 2.88 bits per heavy atom. The van der Waals surface area contributed by atoms with Gasteiger partial charge >= 0.3 is 0 Å². The van der Waals surface area contributed by atoms with E-state index in [1.807, 2.05) is 0 Å². The first-order valence-corrected chi connectivity index (χ1v) is 7.18. The lowest BCUT2D eigenvalue weighted by Crippen LogP contribution is -2.47. The van der Waals surface area contributed by atoms with Gasteiger partial charge in [-0.05, 0) is 58.7 Å². The standard InChI is InChI=1S/C15H28N2/c1-4-6-7-8-11-17-12-9-15(13-14(17)3)16-10-5-2/h1,14-16H,5-13H2,2-3H3. The predicted octanol–water partition coefficient (Wildman–Crippen LogP) is 2.64. The van der Waals surface area contributed by atoms with Crippen molar-refractivity contribution < 1.29 is 0 Å². The van der Waals surface area contributed by atoms with Gasteiger partial charge in [0, 0.05) is 18.5 Å². The third-order valence-corrected chi connectivity index (χ3v) is 3.71. The number of likely N-dealkylation sites (tertiary alicyclic amines) is 1. The molecule has 1 rings (SSSR count). The molecule has 1 saturated heterocycles. The number of nitrogens with zero attached hydrogens (tertiary/aromatic N) is 1. The third kappa shape index (κ3) is 5.57. The molecule has 0 saturated carbocycles. The highest BCUT2D eigenvalue weighted by Gasteiger charge is 2.24. The largest absolute Gasteiger partial charge is 0.314 e. The molecule has 2 nitrogen and oxygen atoms in total. The molecule has 0 aliphatic carbocycles. The zero-order valence-electron chi connectivity index (χ0n) is 11.5. The molecular weight excluding hydrogens is 208 g/mol. The molecule has 1 fully saturated rings. The van der Waals surface area contributed by atoms with E-state index in [4.69, 9.17) is 6.42 Å². The SMILES string of the molecule is C#CCCCCN1CCC(NCCC)CC1C. The quantitative estimate of drug-likeness (QED) is 0.540. The van der Waals surface area contributed by atoms with Crippen LogP contribution in [0.25, 0.3) is 0 Å². The summed E-state index contributed by atoms with van der Waals surface area (Å²) < 4.78 is 0. The van der Waals surface area contributed by atoms with Gasteiger partial charge in [0.05, 0.1) is 0 Å². The summed E-state index contributed by atoms with van der Waals surface area (Å²) >= 11 is 0. The van der Waals surface area contributed by atoms with Crippen molar-refractivity contribution in [2.75, 3.05) is 19.6 Å². The van der Waals surface area contributed by atoms with E-state index in [9.17, 15) is 0 Å². The summed E-state index contributed by atoms with van der Waals surface area (Å²) in [5, 5.41) is 3.65. The van der Waals surface area contributed by atoms with Gasteiger partial charge in [0.25, 0.3) is 0 Å². The topological polar surface area (TPSA) is 15.3 Å². The summed E-state index contributed by atoms with van der Waals surface area (Å²) in [6.45, 7) is 8.24. The fourth-order valence-electron chi connectivity index (χ4n) is 2.63. The minimum Gasteiger partial charge on any atom is -0.314 e. The van der Waals surface area contributed by atoms with Crippen molar-refractivity contribution in [3.8, 4) is 12.3 Å². The molecular formula is C15H28N2. The van der Waals surface area contributed by atoms with Crippen molar-refractivity contribution in [1.29, 1.82) is 0 Å². The van der Waals surface area contributed by atoms with Crippen molar-refractivity contribution in [3.05, 3.63) is 0 Å². The molecule has 1 heterocycles. The summed E-state index contributed by atoms with van der Waals surface area (Å²) in [5.41, 5.74) is 0. The molecule has 0 aromatic carbocycles. The van der Waals surface area contributed by atoms with Crippen LogP contribution < -0.4 is 5.32 Å². The molecule has 0 amide bonds. The molecule has 2 heteroatoms. The van der Waals surface area contributed by atoms with Crippen molar-refractivity contribution >= 4 is 0 Å². The number of terminal acetylenes is 1. The van der Waals surface area contributed by atoms with Crippen molar-refractivity contribution in [2.45, 2.75) is 64.5 Å². The first kappa shape index (κ1) is 14.5. The van der Waals surface area contributed by atoms with Crippen LogP contribution in [0.1, 0.15) is 52.4 Å². The van der Waals surface area contributed by atoms with Gasteiger partial charge in [0.15, 0.2) is 0 Å². The monoisotopic (exact) mass is 236 g/mol. The first-order valence-electron chi connectivity index (χ1n) is 7.18. The second kappa shape index (κ2) is 8.55. The molecule has 0 aromatic heterocycles. The molecule has 0 aromatic rings. The van der Waals surface area contributed by atoms with Gasteiger partial charge < -0.3 is 10.2 Å². The van der Waals surface area contributed by atoms with Gasteiger partial charge in [-0.3, -0.25) is 0 Å². The molecule has 17 heavy (non-hydrogen) atoms. The van der Waals surface area contributed by atoms with Crippen LogP contribution in [0, 0.1) is 12.3 Å². The molecule has 2 unspecified atom stereocenters. The Bertz CT molecular complexity index is 232. The first-order chi connectivity index (χ1) is 8.27. The Labute approximate surface area is 107 Å². The van der Waals surface area contributed by atoms with Crippen molar-refractivity contribution in [2.24, 2.45) is 0 Å². The van der Waals surface area contributed by atoms with Gasteiger partial charge in [0.2, 0.25) is 0 Å². The van der Waals surface area contributed by atoms with Crippen LogP contribution in [0.3, 0.4) is 0 Å². The molecule has 0 spiro atoms. The van der Waals surface area contributed by atoms with Crippen LogP contribution in [0.5, 0.6) is 0 Å². The average molecular weight is 236 g/mol. The van der Waals surface area contributed by atoms with E-state index in [0.29, 0.717) is 0 Å². The fraction of sp³-hybridized carbons (Fsp3) is 0.867. The fourth-order valence-corrected chi connectivity index (χ4v) is 2.63. The zero-order chi connectivity index (χ0) is 12.5. The third-order valence-electron chi connectivity index (χ3n) is 3.71. The smallest absolute Gasteiger partial charge is 0.00940 e. The highest BCUT2D eigenvalue weighted by molar-refractivity contribution is 4.85. The maximum Gasteiger partial charge on any atom is 0.00940 e. The number of nitrogens with one attached hydrogen (secondary N) is 1. The molecule has 1 aliphatic rings. The minimum atomic E-state index is 0.726. The Hall–Kier alpha value is -0.520. The second-order valence-corrected chi connectivity index (χ2v) is 5.22. The highest BCUT2D eigenvalue weighted by Crippen LogP contribution is 2.18. The Morgan fingerprint density at radius 2 is 2.24 bits per heavy atom. The van der Waals surface area contributed by atoms with Crippen molar-refractivity contribution in [1.82, 2.24) is 10.2 Å². The summed E-state index contributed by atoms with van der Waals surface area (Å²) in [7, 11) is 0. The molecule has 0 bridgehead atoms. The van der Waals surface area contributed by atoms with Crippen LogP contribution in [0.4, 0.5) is 0 Å². The van der Waals surface area contributed by atoms with E-state index in [1.54, 1.807) is 0 Å². The van der Waals surface area contributed by atoms with Gasteiger partial charge in [-0.15, -0.1) is 12.3 Å². The maximum atomic E-state index is 5.27. The van der Waals surface area contributed by atoms with E-state index < -0.39 is 0 Å². The minimum absolute atomic E-state index is 0.726. The van der Waals surface area contributed by atoms with E-state index in [0.717, 1.165) is 18.5 Å². The number of rotatable bonds is 7. The number of piperidine rings is 1. The lowest BCUT2D eigenvalue weighted by atomic mass is 9.97. The molecule has 1 aliphatic heterocycles. The van der Waals surface area contributed by atoms with E-state index >= 15 is 0 Å². The van der Waals surface area contributed by atoms with Gasteiger partial charge in [-0.25, -0.2) is 0 Å². The van der Waals surface area contributed by atoms with Gasteiger partial charge in [0.1, 0.15) is 0 Å². The number of hydrogen-bond acceptors (Lipinski definition) is 2. The van der Waals surface area contributed by atoms with Crippen LogP contribution in [-0.4, -0.2) is 36.6 Å². The van der Waals surface area contributed by atoms with Gasteiger partial charge in [-0.1, -0.05) is 6.92 Å². The second-order valence-electron chi connectivity index (χ2n) is 5.22. The molecule has 98 valence electrons. The van der Waals surface area contributed by atoms with Crippen molar-refractivity contribution in [3.63, 3.8) is 0 Å². The van der Waals surface area contributed by atoms with E-state index in [-0.39, 0.29) is 0 Å². The Kier molecular flexibility index (Phi) is 7.32. The molecule has 0 radical (unpaired) electrons. The van der Waals surface area contributed by atoms with Crippen LogP contribution in [-0.2, 0) is 0 Å². The lowest BCUT2D eigenvalue weighted by Gasteiger charge is -2.38. The summed E-state index contributed by atoms with van der Waals surface area (Å²) in [6, 6.07) is 1.47. The maximum absolute atomic E-state index is 5.27. The zero-order valence-corrected chi connectivity index (χ0v) is 11.5. The lowest BCUT2D eigenvalue weighted by molar-refractivity contribution is 0.134. The van der Waals surface area contributed by atoms with Crippen LogP contribution >= 0.6 is 0 Å². The predicted molar refractivity (Wildman–Crippen MR) is 75.0 cm³/mol. The summed E-state index contributed by atoms with van der Waals surface area (Å²) in [6.07, 6.45) is 12.5. The normalized spacial score (nSPS) is 25.7. The Balaban J connectivity index is 2.16.